The van der Waals surface area contributed by atoms with E-state index in [-0.39, 0.29) is 11.4 Å². The Hall–Kier alpha value is -3.12. The first-order chi connectivity index (χ1) is 15.3. The number of rotatable bonds is 2. The zero-order chi connectivity index (χ0) is 22.5. The number of ether oxygens (including phenoxy) is 1. The molecule has 2 aromatic rings. The number of thiazole rings is 1. The summed E-state index contributed by atoms with van der Waals surface area (Å²) in [4.78, 5) is 22.7. The summed E-state index contributed by atoms with van der Waals surface area (Å²) in [5.74, 6) is 0.904. The molecule has 5 rings (SSSR count). The topological polar surface area (TPSA) is 45.7 Å². The predicted octanol–water partition coefficient (Wildman–Crippen LogP) is 5.54. The van der Waals surface area contributed by atoms with Crippen LogP contribution >= 0.6 is 11.3 Å². The summed E-state index contributed by atoms with van der Waals surface area (Å²) >= 11 is 1.49. The smallest absolute Gasteiger partial charge is 0.266 e. The Morgan fingerprint density at radius 2 is 1.97 bits per heavy atom. The van der Waals surface area contributed by atoms with E-state index in [0.29, 0.717) is 13.2 Å². The first-order valence-electron chi connectivity index (χ1n) is 10.9. The van der Waals surface area contributed by atoms with Crippen LogP contribution in [0.4, 0.5) is 10.8 Å². The summed E-state index contributed by atoms with van der Waals surface area (Å²) in [6, 6.07) is 6.30. The lowest BCUT2D eigenvalue weighted by molar-refractivity contribution is 0.0595. The van der Waals surface area contributed by atoms with Gasteiger partial charge in [-0.2, -0.15) is 0 Å². The third-order valence-electron chi connectivity index (χ3n) is 6.35. The van der Waals surface area contributed by atoms with Gasteiger partial charge in [-0.3, -0.25) is 4.79 Å². The maximum atomic E-state index is 12.9. The van der Waals surface area contributed by atoms with E-state index in [1.807, 2.05) is 18.0 Å². The maximum absolute atomic E-state index is 12.9. The summed E-state index contributed by atoms with van der Waals surface area (Å²) in [5, 5.41) is 0.858. The number of fused-ring (bicyclic) bond motifs is 2. The first-order valence-corrected chi connectivity index (χ1v) is 11.7. The van der Waals surface area contributed by atoms with Crippen molar-refractivity contribution in [3.05, 3.63) is 76.4 Å². The fraction of sp³-hybridized carbons (Fsp3) is 0.308. The Labute approximate surface area is 193 Å². The number of aromatic nitrogens is 1. The van der Waals surface area contributed by atoms with E-state index in [9.17, 15) is 4.79 Å². The van der Waals surface area contributed by atoms with Gasteiger partial charge in [0.2, 0.25) is 0 Å². The molecule has 32 heavy (non-hydrogen) atoms. The van der Waals surface area contributed by atoms with Gasteiger partial charge < -0.3 is 14.5 Å². The van der Waals surface area contributed by atoms with Crippen LogP contribution in [0.15, 0.2) is 60.2 Å². The van der Waals surface area contributed by atoms with Crippen LogP contribution < -0.4 is 9.64 Å². The van der Waals surface area contributed by atoms with Crippen LogP contribution in [-0.4, -0.2) is 41.5 Å². The van der Waals surface area contributed by atoms with Crippen LogP contribution in [0.25, 0.3) is 5.57 Å². The molecular weight excluding hydrogens is 418 g/mol. The Morgan fingerprint density at radius 3 is 2.81 bits per heavy atom. The summed E-state index contributed by atoms with van der Waals surface area (Å²) in [5.41, 5.74) is 5.13. The van der Waals surface area contributed by atoms with Gasteiger partial charge in [-0.1, -0.05) is 59.4 Å². The van der Waals surface area contributed by atoms with Gasteiger partial charge in [0.15, 0.2) is 5.13 Å². The van der Waals surface area contributed by atoms with E-state index in [2.05, 4.69) is 74.3 Å². The molecule has 3 aliphatic rings. The van der Waals surface area contributed by atoms with Crippen molar-refractivity contribution in [1.29, 1.82) is 0 Å². The minimum Gasteiger partial charge on any atom is -0.490 e. The molecule has 0 atom stereocenters. The molecule has 5 nitrogen and oxygen atoms in total. The molecule has 1 aromatic heterocycles. The number of anilines is 2. The molecule has 1 aliphatic carbocycles. The fourth-order valence-electron chi connectivity index (χ4n) is 4.18. The van der Waals surface area contributed by atoms with Gasteiger partial charge in [-0.05, 0) is 44.0 Å². The van der Waals surface area contributed by atoms with Crippen molar-refractivity contribution < 1.29 is 9.53 Å². The van der Waals surface area contributed by atoms with Gasteiger partial charge in [0.1, 0.15) is 17.2 Å². The average Bonchev–Trinajstić information content (AvgIpc) is 3.17. The van der Waals surface area contributed by atoms with E-state index in [1.54, 1.807) is 0 Å². The molecule has 164 valence electrons. The van der Waals surface area contributed by atoms with Crippen LogP contribution in [0.5, 0.6) is 5.75 Å². The molecule has 0 saturated carbocycles. The number of nitrogens with zero attached hydrogens (tertiary/aromatic N) is 3. The molecule has 1 aromatic carbocycles. The Balaban J connectivity index is 1.54. The van der Waals surface area contributed by atoms with Crippen LogP contribution in [0.3, 0.4) is 0 Å². The number of amides is 1. The Kier molecular flexibility index (Phi) is 5.05. The van der Waals surface area contributed by atoms with Crippen molar-refractivity contribution in [2.75, 3.05) is 25.1 Å². The highest BCUT2D eigenvalue weighted by molar-refractivity contribution is 7.17. The van der Waals surface area contributed by atoms with Gasteiger partial charge in [0.05, 0.1) is 17.9 Å². The highest BCUT2D eigenvalue weighted by atomic mass is 32.1. The van der Waals surface area contributed by atoms with Crippen molar-refractivity contribution >= 4 is 33.6 Å². The van der Waals surface area contributed by atoms with E-state index in [1.165, 1.54) is 16.9 Å². The molecule has 0 unspecified atom stereocenters. The zero-order valence-electron chi connectivity index (χ0n) is 18.9. The van der Waals surface area contributed by atoms with Crippen molar-refractivity contribution in [1.82, 2.24) is 9.88 Å². The molecule has 1 amide bonds. The quantitative estimate of drug-likeness (QED) is 0.609. The number of benzene rings is 1. The maximum Gasteiger partial charge on any atom is 0.266 e. The lowest BCUT2D eigenvalue weighted by Gasteiger charge is -2.38. The van der Waals surface area contributed by atoms with E-state index >= 15 is 0 Å². The SMILES string of the molecule is CC1=CC=C(c2ccc3c(c2)N(c2nc4c(s2)C(=O)N(C)C(C)(C)C4)CCO3)C=CC=C1. The summed E-state index contributed by atoms with van der Waals surface area (Å²) < 4.78 is 5.95. The van der Waals surface area contributed by atoms with Gasteiger partial charge in [0.25, 0.3) is 5.91 Å². The highest BCUT2D eigenvalue weighted by Gasteiger charge is 2.39. The summed E-state index contributed by atoms with van der Waals surface area (Å²) in [6.07, 6.45) is 13.4. The second-order valence-electron chi connectivity index (χ2n) is 9.06. The molecule has 0 fully saturated rings. The minimum absolute atomic E-state index is 0.0576. The van der Waals surface area contributed by atoms with Gasteiger partial charge in [-0.15, -0.1) is 0 Å². The lowest BCUT2D eigenvalue weighted by atomic mass is 9.92. The largest absolute Gasteiger partial charge is 0.490 e. The van der Waals surface area contributed by atoms with Crippen LogP contribution in [0.1, 0.15) is 41.7 Å². The third kappa shape index (κ3) is 3.58. The molecule has 0 N–H and O–H groups in total. The van der Waals surface area contributed by atoms with Crippen molar-refractivity contribution in [2.24, 2.45) is 0 Å². The van der Waals surface area contributed by atoms with Gasteiger partial charge >= 0.3 is 0 Å². The lowest BCUT2D eigenvalue weighted by Crippen LogP contribution is -2.49. The van der Waals surface area contributed by atoms with E-state index < -0.39 is 0 Å². The number of carbonyl (C=O) groups is 1. The average molecular weight is 446 g/mol. The standard InChI is InChI=1S/C26H27N3O2S/c1-17-7-5-6-8-18(10-9-17)19-11-12-22-21(15-19)29(13-14-31-22)25-27-20-16-26(2,3)28(4)24(30)23(20)32-25/h5-12,15H,13-14,16H2,1-4H3. The van der Waals surface area contributed by atoms with Gasteiger partial charge in [-0.25, -0.2) is 4.98 Å². The molecule has 0 radical (unpaired) electrons. The molecule has 0 bridgehead atoms. The third-order valence-corrected chi connectivity index (χ3v) is 7.46. The van der Waals surface area contributed by atoms with Crippen LogP contribution in [0, 0.1) is 0 Å². The number of likely N-dealkylation sites (N-methyl/N-ethyl adjacent to an activating group) is 1. The molecule has 3 heterocycles. The van der Waals surface area contributed by atoms with E-state index in [4.69, 9.17) is 9.72 Å². The predicted molar refractivity (Wildman–Crippen MR) is 131 cm³/mol. The second kappa shape index (κ2) is 7.78. The Morgan fingerprint density at radius 1 is 1.16 bits per heavy atom. The van der Waals surface area contributed by atoms with Crippen molar-refractivity contribution in [3.8, 4) is 5.75 Å². The normalized spacial score (nSPS) is 19.4. The van der Waals surface area contributed by atoms with Crippen molar-refractivity contribution in [3.63, 3.8) is 0 Å². The summed E-state index contributed by atoms with van der Waals surface area (Å²) in [6.45, 7) is 7.56. The van der Waals surface area contributed by atoms with E-state index in [0.717, 1.165) is 44.7 Å². The molecule has 0 spiro atoms. The second-order valence-corrected chi connectivity index (χ2v) is 10.0. The first kappa shape index (κ1) is 20.8. The number of hydrogen-bond acceptors (Lipinski definition) is 5. The molecule has 0 saturated heterocycles. The molecular formula is C26H27N3O2S. The monoisotopic (exact) mass is 445 g/mol. The van der Waals surface area contributed by atoms with Crippen molar-refractivity contribution in [2.45, 2.75) is 32.7 Å². The molecule has 6 heteroatoms. The zero-order valence-corrected chi connectivity index (χ0v) is 19.7. The molecule has 2 aliphatic heterocycles. The summed E-state index contributed by atoms with van der Waals surface area (Å²) in [7, 11) is 1.88. The number of carbonyl (C=O) groups excluding carboxylic acids is 1. The Bertz CT molecular complexity index is 1220. The van der Waals surface area contributed by atoms with Crippen LogP contribution in [-0.2, 0) is 6.42 Å². The highest BCUT2D eigenvalue weighted by Crippen LogP contribution is 2.43. The van der Waals surface area contributed by atoms with Crippen LogP contribution in [0.2, 0.25) is 0 Å². The fourth-order valence-corrected chi connectivity index (χ4v) is 5.28. The minimum atomic E-state index is -0.234. The van der Waals surface area contributed by atoms with Gasteiger partial charge in [0, 0.05) is 19.0 Å². The number of allylic oxidation sites excluding steroid dienone is 8. The number of hydrogen-bond donors (Lipinski definition) is 0.